The van der Waals surface area contributed by atoms with E-state index >= 15 is 0 Å². The predicted molar refractivity (Wildman–Crippen MR) is 76.4 cm³/mol. The molecule has 0 amide bonds. The number of hydrogen-bond donors (Lipinski definition) is 0. The third kappa shape index (κ3) is 3.88. The van der Waals surface area contributed by atoms with Gasteiger partial charge in [-0.05, 0) is 29.7 Å². The molecule has 0 aliphatic rings. The minimum atomic E-state index is 0.303. The van der Waals surface area contributed by atoms with Crippen molar-refractivity contribution in [1.82, 2.24) is 9.78 Å². The highest BCUT2D eigenvalue weighted by Crippen LogP contribution is 2.34. The second kappa shape index (κ2) is 6.20. The van der Waals surface area contributed by atoms with Gasteiger partial charge >= 0.3 is 0 Å². The summed E-state index contributed by atoms with van der Waals surface area (Å²) in [6, 6.07) is 0. The molecule has 0 spiro atoms. The summed E-state index contributed by atoms with van der Waals surface area (Å²) in [5.41, 5.74) is 1.62. The molecule has 92 valence electrons. The van der Waals surface area contributed by atoms with Gasteiger partial charge < -0.3 is 0 Å². The number of aromatic nitrogens is 2. The number of rotatable bonds is 6. The largest absolute Gasteiger partial charge is 0.276 e. The van der Waals surface area contributed by atoms with Crippen LogP contribution in [0.2, 0.25) is 0 Å². The van der Waals surface area contributed by atoms with E-state index in [1.54, 1.807) is 0 Å². The number of halogens is 2. The zero-order valence-electron chi connectivity index (χ0n) is 10.2. The number of aryl methyl sites for hydroxylation is 1. The molecule has 1 rings (SSSR count). The minimum Gasteiger partial charge on any atom is -0.276 e. The van der Waals surface area contributed by atoms with E-state index in [1.165, 1.54) is 12.0 Å². The van der Waals surface area contributed by atoms with Crippen LogP contribution in [0.1, 0.15) is 25.8 Å². The van der Waals surface area contributed by atoms with E-state index in [9.17, 15) is 0 Å². The van der Waals surface area contributed by atoms with Gasteiger partial charge in [-0.2, -0.15) is 5.10 Å². The van der Waals surface area contributed by atoms with Crippen LogP contribution in [0.3, 0.4) is 0 Å². The van der Waals surface area contributed by atoms with Gasteiger partial charge in [-0.25, -0.2) is 0 Å². The van der Waals surface area contributed by atoms with Gasteiger partial charge in [-0.3, -0.25) is 4.68 Å². The third-order valence-electron chi connectivity index (χ3n) is 2.75. The van der Waals surface area contributed by atoms with Gasteiger partial charge in [-0.15, -0.1) is 0 Å². The van der Waals surface area contributed by atoms with Crippen LogP contribution in [0.4, 0.5) is 0 Å². The Bertz CT molecular complexity index is 317. The smallest absolute Gasteiger partial charge is 0.0521 e. The quantitative estimate of drug-likeness (QED) is 0.713. The van der Waals surface area contributed by atoms with E-state index in [1.807, 2.05) is 17.9 Å². The first-order valence-corrected chi connectivity index (χ1v) is 7.85. The molecule has 0 N–H and O–H groups in total. The fourth-order valence-electron chi connectivity index (χ4n) is 2.17. The van der Waals surface area contributed by atoms with E-state index < -0.39 is 0 Å². The van der Waals surface area contributed by atoms with Crippen molar-refractivity contribution in [3.8, 4) is 0 Å². The second-order valence-corrected chi connectivity index (χ2v) is 6.19. The van der Waals surface area contributed by atoms with E-state index in [0.717, 1.165) is 17.1 Å². The summed E-state index contributed by atoms with van der Waals surface area (Å²) in [6.45, 7) is 4.56. The molecule has 0 saturated heterocycles. The lowest BCUT2D eigenvalue weighted by Gasteiger charge is -2.31. The van der Waals surface area contributed by atoms with Crippen LogP contribution in [-0.2, 0) is 13.5 Å². The third-order valence-corrected chi connectivity index (χ3v) is 5.12. The monoisotopic (exact) mass is 350 g/mol. The molecule has 4 heteroatoms. The van der Waals surface area contributed by atoms with Crippen molar-refractivity contribution < 1.29 is 0 Å². The van der Waals surface area contributed by atoms with Gasteiger partial charge in [0.15, 0.2) is 0 Å². The standard InChI is InChI=1S/C12H20Br2N2/c1-10(2)4-12(8-13,9-14)5-11-6-15-16(3)7-11/h6-7,10H,4-5,8-9H2,1-3H3. The Balaban J connectivity index is 2.77. The van der Waals surface area contributed by atoms with Crippen LogP contribution in [0.5, 0.6) is 0 Å². The Kier molecular flexibility index (Phi) is 5.51. The summed E-state index contributed by atoms with van der Waals surface area (Å²) in [7, 11) is 1.97. The molecular formula is C12H20Br2N2. The molecule has 2 nitrogen and oxygen atoms in total. The minimum absolute atomic E-state index is 0.303. The molecular weight excluding hydrogens is 332 g/mol. The van der Waals surface area contributed by atoms with Crippen molar-refractivity contribution in [2.75, 3.05) is 10.7 Å². The fourth-order valence-corrected chi connectivity index (χ4v) is 3.96. The van der Waals surface area contributed by atoms with Crippen LogP contribution < -0.4 is 0 Å². The van der Waals surface area contributed by atoms with Gasteiger partial charge in [0.1, 0.15) is 0 Å². The van der Waals surface area contributed by atoms with E-state index in [2.05, 4.69) is 57.0 Å². The molecule has 1 aromatic heterocycles. The molecule has 16 heavy (non-hydrogen) atoms. The average molecular weight is 352 g/mol. The Morgan fingerprint density at radius 3 is 2.38 bits per heavy atom. The highest BCUT2D eigenvalue weighted by Gasteiger charge is 2.29. The van der Waals surface area contributed by atoms with Gasteiger partial charge in [0.2, 0.25) is 0 Å². The topological polar surface area (TPSA) is 17.8 Å². The first-order chi connectivity index (χ1) is 7.51. The lowest BCUT2D eigenvalue weighted by Crippen LogP contribution is -2.29. The Morgan fingerprint density at radius 2 is 2.00 bits per heavy atom. The Hall–Kier alpha value is 0.170. The van der Waals surface area contributed by atoms with Gasteiger partial charge in [0, 0.05) is 23.9 Å². The van der Waals surface area contributed by atoms with Crippen LogP contribution >= 0.6 is 31.9 Å². The molecule has 0 unspecified atom stereocenters. The maximum Gasteiger partial charge on any atom is 0.0521 e. The van der Waals surface area contributed by atoms with E-state index in [-0.39, 0.29) is 0 Å². The SMILES string of the molecule is CC(C)CC(CBr)(CBr)Cc1cnn(C)c1. The summed E-state index contributed by atoms with van der Waals surface area (Å²) in [5, 5.41) is 6.29. The highest BCUT2D eigenvalue weighted by molar-refractivity contribution is 9.09. The molecule has 0 aliphatic heterocycles. The lowest BCUT2D eigenvalue weighted by molar-refractivity contribution is 0.304. The maximum atomic E-state index is 4.23. The van der Waals surface area contributed by atoms with E-state index in [4.69, 9.17) is 0 Å². The molecule has 1 aromatic rings. The van der Waals surface area contributed by atoms with Gasteiger partial charge in [0.05, 0.1) is 6.20 Å². The zero-order valence-corrected chi connectivity index (χ0v) is 13.4. The molecule has 0 aromatic carbocycles. The average Bonchev–Trinajstić information content (AvgIpc) is 2.62. The normalized spacial score (nSPS) is 12.4. The molecule has 0 atom stereocenters. The summed E-state index contributed by atoms with van der Waals surface area (Å²) in [6.07, 6.45) is 6.38. The maximum absolute atomic E-state index is 4.23. The first-order valence-electron chi connectivity index (χ1n) is 5.61. The number of hydrogen-bond acceptors (Lipinski definition) is 1. The molecule has 0 saturated carbocycles. The lowest BCUT2D eigenvalue weighted by atomic mass is 9.79. The molecule has 0 aliphatic carbocycles. The predicted octanol–water partition coefficient (Wildman–Crippen LogP) is 3.78. The molecule has 0 fully saturated rings. The summed E-state index contributed by atoms with van der Waals surface area (Å²) in [5.74, 6) is 0.715. The fraction of sp³-hybridized carbons (Fsp3) is 0.750. The second-order valence-electron chi connectivity index (χ2n) is 5.06. The highest BCUT2D eigenvalue weighted by atomic mass is 79.9. The Morgan fingerprint density at radius 1 is 1.38 bits per heavy atom. The zero-order chi connectivity index (χ0) is 12.2. The van der Waals surface area contributed by atoms with Crippen LogP contribution in [0, 0.1) is 11.3 Å². The molecule has 1 heterocycles. The molecule has 0 bridgehead atoms. The van der Waals surface area contributed by atoms with Crippen molar-refractivity contribution >= 4 is 31.9 Å². The van der Waals surface area contributed by atoms with Crippen molar-refractivity contribution in [3.63, 3.8) is 0 Å². The van der Waals surface area contributed by atoms with Crippen molar-refractivity contribution in [3.05, 3.63) is 18.0 Å². The van der Waals surface area contributed by atoms with Crippen molar-refractivity contribution in [2.24, 2.45) is 18.4 Å². The van der Waals surface area contributed by atoms with Crippen LogP contribution in [0.15, 0.2) is 12.4 Å². The summed E-state index contributed by atoms with van der Waals surface area (Å²) < 4.78 is 1.87. The number of nitrogens with zero attached hydrogens (tertiary/aromatic N) is 2. The number of alkyl halides is 2. The summed E-state index contributed by atoms with van der Waals surface area (Å²) in [4.78, 5) is 0. The van der Waals surface area contributed by atoms with E-state index in [0.29, 0.717) is 11.3 Å². The van der Waals surface area contributed by atoms with Crippen LogP contribution in [-0.4, -0.2) is 20.4 Å². The summed E-state index contributed by atoms with van der Waals surface area (Å²) >= 11 is 7.34. The van der Waals surface area contributed by atoms with Gasteiger partial charge in [-0.1, -0.05) is 45.7 Å². The first kappa shape index (κ1) is 14.2. The van der Waals surface area contributed by atoms with Crippen LogP contribution in [0.25, 0.3) is 0 Å². The van der Waals surface area contributed by atoms with Gasteiger partial charge in [0.25, 0.3) is 0 Å². The Labute approximate surface area is 115 Å². The van der Waals surface area contributed by atoms with Crippen molar-refractivity contribution in [1.29, 1.82) is 0 Å². The molecule has 0 radical (unpaired) electrons. The van der Waals surface area contributed by atoms with Crippen molar-refractivity contribution in [2.45, 2.75) is 26.7 Å².